The molecule has 2 aromatic heterocycles. The first kappa shape index (κ1) is 19.0. The van der Waals surface area contributed by atoms with Crippen molar-refractivity contribution >= 4 is 34.1 Å². The summed E-state index contributed by atoms with van der Waals surface area (Å²) in [6.45, 7) is 1.50. The van der Waals surface area contributed by atoms with E-state index in [-0.39, 0.29) is 13.3 Å². The molecule has 1 saturated carbocycles. The van der Waals surface area contributed by atoms with E-state index >= 15 is 0 Å². The molecule has 0 saturated heterocycles. The molecule has 3 N–H and O–H groups in total. The number of hydrogen-bond donors (Lipinski definition) is 3. The Balaban J connectivity index is 0.00000210. The van der Waals surface area contributed by atoms with Gasteiger partial charge in [-0.15, -0.1) is 0 Å². The van der Waals surface area contributed by atoms with Crippen LogP contribution in [-0.4, -0.2) is 15.9 Å². The van der Waals surface area contributed by atoms with E-state index in [1.165, 1.54) is 50.0 Å². The first-order valence-electron chi connectivity index (χ1n) is 9.32. The molecule has 3 aromatic rings. The summed E-state index contributed by atoms with van der Waals surface area (Å²) in [6, 6.07) is 11.8. The summed E-state index contributed by atoms with van der Waals surface area (Å²) in [5.41, 5.74) is 3.99. The van der Waals surface area contributed by atoms with Crippen molar-refractivity contribution in [1.29, 1.82) is 0 Å². The monoisotopic (exact) mass is 364 g/mol. The number of aromatic amines is 1. The zero-order valence-corrected chi connectivity index (χ0v) is 15.0. The van der Waals surface area contributed by atoms with Gasteiger partial charge in [0.2, 0.25) is 5.91 Å². The molecule has 142 valence electrons. The van der Waals surface area contributed by atoms with Gasteiger partial charge in [-0.05, 0) is 54.7 Å². The number of nitrogens with one attached hydrogen (secondary N) is 3. The van der Waals surface area contributed by atoms with Crippen molar-refractivity contribution in [1.82, 2.24) is 9.97 Å². The molecule has 1 aliphatic rings. The van der Waals surface area contributed by atoms with E-state index in [0.29, 0.717) is 5.92 Å². The Morgan fingerprint density at radius 3 is 2.67 bits per heavy atom. The summed E-state index contributed by atoms with van der Waals surface area (Å²) < 4.78 is 0. The molecule has 1 aliphatic carbocycles. The highest BCUT2D eigenvalue weighted by molar-refractivity contribution is 5.89. The Morgan fingerprint density at radius 2 is 1.89 bits per heavy atom. The zero-order valence-electron chi connectivity index (χ0n) is 15.0. The van der Waals surface area contributed by atoms with E-state index in [1.807, 2.05) is 30.3 Å². The molecule has 0 aliphatic heterocycles. The van der Waals surface area contributed by atoms with Crippen molar-refractivity contribution in [3.05, 3.63) is 48.2 Å². The third kappa shape index (κ3) is 4.30. The van der Waals surface area contributed by atoms with Gasteiger partial charge in [0.15, 0.2) is 0 Å². The maximum atomic E-state index is 11.2. The number of H-pyrrole nitrogens is 1. The maximum absolute atomic E-state index is 11.2. The van der Waals surface area contributed by atoms with Crippen LogP contribution in [0.2, 0.25) is 0 Å². The lowest BCUT2D eigenvalue weighted by Gasteiger charge is -2.21. The van der Waals surface area contributed by atoms with Gasteiger partial charge in [-0.3, -0.25) is 4.79 Å². The molecule has 5 nitrogen and oxygen atoms in total. The quantitative estimate of drug-likeness (QED) is 0.536. The third-order valence-corrected chi connectivity index (χ3v) is 5.07. The SMILES string of the molecule is C.CC(=O)Nc1cccc(Nc2ccc3c(C4CCCCC4)c[nH]c3n2)c1. The minimum Gasteiger partial charge on any atom is -0.346 e. The number of rotatable bonds is 4. The number of hydrogen-bond acceptors (Lipinski definition) is 3. The minimum atomic E-state index is -0.0803. The number of carbonyl (C=O) groups is 1. The van der Waals surface area contributed by atoms with Crippen molar-refractivity contribution in [2.75, 3.05) is 10.6 Å². The van der Waals surface area contributed by atoms with Gasteiger partial charge in [-0.1, -0.05) is 32.8 Å². The molecular formula is C22H28N4O. The highest BCUT2D eigenvalue weighted by atomic mass is 16.1. The summed E-state index contributed by atoms with van der Waals surface area (Å²) >= 11 is 0. The Labute approximate surface area is 160 Å². The molecule has 27 heavy (non-hydrogen) atoms. The van der Waals surface area contributed by atoms with Crippen LogP contribution in [0.4, 0.5) is 17.2 Å². The van der Waals surface area contributed by atoms with Gasteiger partial charge in [-0.25, -0.2) is 4.98 Å². The van der Waals surface area contributed by atoms with Crippen molar-refractivity contribution in [2.45, 2.75) is 52.4 Å². The van der Waals surface area contributed by atoms with E-state index in [1.54, 1.807) is 0 Å². The van der Waals surface area contributed by atoms with Gasteiger partial charge in [-0.2, -0.15) is 0 Å². The van der Waals surface area contributed by atoms with Crippen LogP contribution in [0.3, 0.4) is 0 Å². The molecule has 0 atom stereocenters. The first-order valence-corrected chi connectivity index (χ1v) is 9.32. The number of fused-ring (bicyclic) bond motifs is 1. The van der Waals surface area contributed by atoms with Crippen LogP contribution in [0.1, 0.15) is 57.9 Å². The fraction of sp³-hybridized carbons (Fsp3) is 0.364. The molecule has 1 fully saturated rings. The van der Waals surface area contributed by atoms with Gasteiger partial charge >= 0.3 is 0 Å². The summed E-state index contributed by atoms with van der Waals surface area (Å²) in [7, 11) is 0. The molecule has 0 bridgehead atoms. The lowest BCUT2D eigenvalue weighted by molar-refractivity contribution is -0.114. The number of carbonyl (C=O) groups excluding carboxylic acids is 1. The van der Waals surface area contributed by atoms with Gasteiger partial charge in [0.05, 0.1) is 0 Å². The second-order valence-electron chi connectivity index (χ2n) is 7.06. The molecular weight excluding hydrogens is 336 g/mol. The average molecular weight is 364 g/mol. The summed E-state index contributed by atoms with van der Waals surface area (Å²) in [6.07, 6.45) is 8.72. The van der Waals surface area contributed by atoms with Gasteiger partial charge in [0.1, 0.15) is 11.5 Å². The Hall–Kier alpha value is -2.82. The number of nitrogens with zero attached hydrogens (tertiary/aromatic N) is 1. The second-order valence-corrected chi connectivity index (χ2v) is 7.06. The third-order valence-electron chi connectivity index (χ3n) is 5.07. The Morgan fingerprint density at radius 1 is 1.11 bits per heavy atom. The fourth-order valence-corrected chi connectivity index (χ4v) is 3.87. The van der Waals surface area contributed by atoms with Crippen molar-refractivity contribution < 1.29 is 4.79 Å². The summed E-state index contributed by atoms with van der Waals surface area (Å²) in [5.74, 6) is 1.37. The first-order chi connectivity index (χ1) is 12.7. The normalized spacial score (nSPS) is 14.6. The predicted octanol–water partition coefficient (Wildman–Crippen LogP) is 5.95. The predicted molar refractivity (Wildman–Crippen MR) is 113 cm³/mol. The van der Waals surface area contributed by atoms with Crippen LogP contribution >= 0.6 is 0 Å². The maximum Gasteiger partial charge on any atom is 0.221 e. The van der Waals surface area contributed by atoms with Crippen LogP contribution in [0, 0.1) is 0 Å². The van der Waals surface area contributed by atoms with E-state index < -0.39 is 0 Å². The van der Waals surface area contributed by atoms with Gasteiger partial charge < -0.3 is 15.6 Å². The number of benzene rings is 1. The lowest BCUT2D eigenvalue weighted by atomic mass is 9.84. The van der Waals surface area contributed by atoms with E-state index in [4.69, 9.17) is 4.98 Å². The van der Waals surface area contributed by atoms with E-state index in [0.717, 1.165) is 22.8 Å². The van der Waals surface area contributed by atoms with Crippen molar-refractivity contribution in [3.8, 4) is 0 Å². The summed E-state index contributed by atoms with van der Waals surface area (Å²) in [4.78, 5) is 19.3. The fourth-order valence-electron chi connectivity index (χ4n) is 3.87. The Kier molecular flexibility index (Phi) is 5.79. The van der Waals surface area contributed by atoms with Gasteiger partial charge in [0.25, 0.3) is 0 Å². The standard InChI is InChI=1S/C21H24N4O.CH4/c1-14(26)23-16-8-5-9-17(12-16)24-20-11-10-18-19(13-22-21(18)25-20)15-6-3-2-4-7-15;/h5,8-13,15H,2-4,6-7H2,1H3,(H,23,26)(H2,22,24,25);1H4. The molecule has 1 aromatic carbocycles. The van der Waals surface area contributed by atoms with E-state index in [2.05, 4.69) is 27.9 Å². The Bertz CT molecular complexity index is 925. The molecule has 0 spiro atoms. The lowest BCUT2D eigenvalue weighted by Crippen LogP contribution is -2.05. The summed E-state index contributed by atoms with van der Waals surface area (Å²) in [5, 5.41) is 7.34. The van der Waals surface area contributed by atoms with Crippen LogP contribution < -0.4 is 10.6 Å². The van der Waals surface area contributed by atoms with Crippen LogP contribution in [0.15, 0.2) is 42.6 Å². The van der Waals surface area contributed by atoms with Crippen molar-refractivity contribution in [3.63, 3.8) is 0 Å². The molecule has 1 amide bonds. The number of anilines is 3. The molecule has 0 unspecified atom stereocenters. The average Bonchev–Trinajstić information content (AvgIpc) is 3.05. The smallest absolute Gasteiger partial charge is 0.221 e. The second kappa shape index (κ2) is 8.25. The van der Waals surface area contributed by atoms with Crippen LogP contribution in [0.5, 0.6) is 0 Å². The number of pyridine rings is 1. The number of amides is 1. The highest BCUT2D eigenvalue weighted by Crippen LogP contribution is 2.36. The molecule has 5 heteroatoms. The van der Waals surface area contributed by atoms with E-state index in [9.17, 15) is 4.79 Å². The van der Waals surface area contributed by atoms with Crippen molar-refractivity contribution in [2.24, 2.45) is 0 Å². The topological polar surface area (TPSA) is 69.8 Å². The zero-order chi connectivity index (χ0) is 17.9. The number of aromatic nitrogens is 2. The largest absolute Gasteiger partial charge is 0.346 e. The van der Waals surface area contributed by atoms with Crippen LogP contribution in [0.25, 0.3) is 11.0 Å². The molecule has 0 radical (unpaired) electrons. The van der Waals surface area contributed by atoms with Crippen LogP contribution in [-0.2, 0) is 4.79 Å². The minimum absolute atomic E-state index is 0. The highest BCUT2D eigenvalue weighted by Gasteiger charge is 2.19. The molecule has 2 heterocycles. The van der Waals surface area contributed by atoms with Gasteiger partial charge in [0, 0.05) is 29.9 Å². The molecule has 4 rings (SSSR count).